The lowest BCUT2D eigenvalue weighted by molar-refractivity contribution is 0.331. The monoisotopic (exact) mass is 372 g/mol. The smallest absolute Gasteiger partial charge is 0.191 e. The molecule has 0 saturated carbocycles. The van der Waals surface area contributed by atoms with Crippen LogP contribution >= 0.6 is 0 Å². The van der Waals surface area contributed by atoms with Crippen LogP contribution in [0.4, 0.5) is 4.39 Å². The maximum atomic E-state index is 13.0. The van der Waals surface area contributed by atoms with Crippen molar-refractivity contribution in [1.82, 2.24) is 15.5 Å². The van der Waals surface area contributed by atoms with Crippen LogP contribution in [-0.2, 0) is 13.1 Å². The number of guanidine groups is 1. The van der Waals surface area contributed by atoms with Crippen LogP contribution in [-0.4, -0.2) is 45.2 Å². The largest absolute Gasteiger partial charge is 0.496 e. The Kier molecular flexibility index (Phi) is 8.07. The molecule has 0 atom stereocenters. The summed E-state index contributed by atoms with van der Waals surface area (Å²) in [6, 6.07) is 12.8. The predicted octanol–water partition coefficient (Wildman–Crippen LogP) is 2.94. The molecule has 146 valence electrons. The minimum atomic E-state index is -0.205. The molecule has 0 radical (unpaired) electrons. The highest BCUT2D eigenvalue weighted by molar-refractivity contribution is 5.79. The van der Waals surface area contributed by atoms with Gasteiger partial charge in [-0.1, -0.05) is 24.3 Å². The van der Waals surface area contributed by atoms with Crippen LogP contribution in [0.15, 0.2) is 47.5 Å². The number of methoxy groups -OCH3 is 1. The molecule has 0 bridgehead atoms. The van der Waals surface area contributed by atoms with Crippen LogP contribution in [0.3, 0.4) is 0 Å². The zero-order chi connectivity index (χ0) is 19.6. The van der Waals surface area contributed by atoms with Crippen molar-refractivity contribution in [3.05, 3.63) is 65.0 Å². The molecule has 6 heteroatoms. The molecule has 2 aromatic carbocycles. The normalized spacial score (nSPS) is 11.6. The molecule has 0 heterocycles. The van der Waals surface area contributed by atoms with Crippen molar-refractivity contribution in [2.45, 2.75) is 20.0 Å². The fourth-order valence-corrected chi connectivity index (χ4v) is 2.74. The van der Waals surface area contributed by atoms with Gasteiger partial charge in [0.05, 0.1) is 7.11 Å². The van der Waals surface area contributed by atoms with E-state index in [1.165, 1.54) is 17.7 Å². The Morgan fingerprint density at radius 2 is 1.89 bits per heavy atom. The van der Waals surface area contributed by atoms with Crippen molar-refractivity contribution in [3.8, 4) is 5.75 Å². The van der Waals surface area contributed by atoms with Gasteiger partial charge in [-0.15, -0.1) is 0 Å². The van der Waals surface area contributed by atoms with Crippen molar-refractivity contribution in [1.29, 1.82) is 0 Å². The second-order valence-electron chi connectivity index (χ2n) is 6.53. The lowest BCUT2D eigenvalue weighted by atomic mass is 10.1. The van der Waals surface area contributed by atoms with Gasteiger partial charge in [0, 0.05) is 38.8 Å². The molecule has 0 unspecified atom stereocenters. The van der Waals surface area contributed by atoms with Crippen LogP contribution in [0.1, 0.15) is 16.7 Å². The second-order valence-corrected chi connectivity index (χ2v) is 6.53. The van der Waals surface area contributed by atoms with Crippen molar-refractivity contribution in [2.24, 2.45) is 4.99 Å². The van der Waals surface area contributed by atoms with Gasteiger partial charge in [0.25, 0.3) is 0 Å². The minimum absolute atomic E-state index is 0.205. The SMILES string of the molecule is CN=C(NCCN(C)Cc1ccc(F)cc1)NCc1ccc(C)cc1OC. The third-order valence-corrected chi connectivity index (χ3v) is 4.26. The predicted molar refractivity (Wildman–Crippen MR) is 109 cm³/mol. The summed E-state index contributed by atoms with van der Waals surface area (Å²) in [6.45, 7) is 5.04. The first-order chi connectivity index (χ1) is 13.0. The summed E-state index contributed by atoms with van der Waals surface area (Å²) in [5, 5.41) is 6.62. The van der Waals surface area contributed by atoms with E-state index in [0.29, 0.717) is 6.54 Å². The highest BCUT2D eigenvalue weighted by Crippen LogP contribution is 2.19. The summed E-state index contributed by atoms with van der Waals surface area (Å²) >= 11 is 0. The van der Waals surface area contributed by atoms with Crippen LogP contribution in [0.25, 0.3) is 0 Å². The van der Waals surface area contributed by atoms with E-state index < -0.39 is 0 Å². The average Bonchev–Trinajstić information content (AvgIpc) is 2.67. The zero-order valence-corrected chi connectivity index (χ0v) is 16.6. The summed E-state index contributed by atoms with van der Waals surface area (Å²) < 4.78 is 18.4. The third-order valence-electron chi connectivity index (χ3n) is 4.26. The van der Waals surface area contributed by atoms with Gasteiger partial charge in [-0.05, 0) is 43.3 Å². The molecule has 27 heavy (non-hydrogen) atoms. The van der Waals surface area contributed by atoms with Crippen molar-refractivity contribution in [2.75, 3.05) is 34.3 Å². The molecule has 0 fully saturated rings. The van der Waals surface area contributed by atoms with Crippen molar-refractivity contribution in [3.63, 3.8) is 0 Å². The molecule has 0 aromatic heterocycles. The molecule has 5 nitrogen and oxygen atoms in total. The van der Waals surface area contributed by atoms with Crippen molar-refractivity contribution < 1.29 is 9.13 Å². The maximum absolute atomic E-state index is 13.0. The minimum Gasteiger partial charge on any atom is -0.496 e. The lowest BCUT2D eigenvalue weighted by Crippen LogP contribution is -2.40. The van der Waals surface area contributed by atoms with Crippen LogP contribution in [0, 0.1) is 12.7 Å². The number of hydrogen-bond donors (Lipinski definition) is 2. The quantitative estimate of drug-likeness (QED) is 0.553. The number of likely N-dealkylation sites (N-methyl/N-ethyl adjacent to an activating group) is 1. The Bertz CT molecular complexity index is 746. The molecule has 2 rings (SSSR count). The molecular formula is C21H29FN4O. The topological polar surface area (TPSA) is 48.9 Å². The third kappa shape index (κ3) is 6.90. The van der Waals surface area contributed by atoms with Crippen LogP contribution < -0.4 is 15.4 Å². The number of ether oxygens (including phenoxy) is 1. The molecule has 2 N–H and O–H groups in total. The number of rotatable bonds is 8. The van der Waals surface area contributed by atoms with E-state index in [2.05, 4.69) is 32.7 Å². The highest BCUT2D eigenvalue weighted by atomic mass is 19.1. The molecule has 0 aliphatic carbocycles. The highest BCUT2D eigenvalue weighted by Gasteiger charge is 2.05. The number of aryl methyl sites for hydroxylation is 1. The Hall–Kier alpha value is -2.60. The summed E-state index contributed by atoms with van der Waals surface area (Å²) in [7, 11) is 5.48. The van der Waals surface area contributed by atoms with Crippen LogP contribution in [0.2, 0.25) is 0 Å². The Morgan fingerprint density at radius 1 is 1.15 bits per heavy atom. The van der Waals surface area contributed by atoms with E-state index >= 15 is 0 Å². The summed E-state index contributed by atoms with van der Waals surface area (Å²) in [6.07, 6.45) is 0. The lowest BCUT2D eigenvalue weighted by Gasteiger charge is -2.19. The Labute approximate surface area is 161 Å². The number of hydrogen-bond acceptors (Lipinski definition) is 3. The molecular weight excluding hydrogens is 343 g/mol. The van der Waals surface area contributed by atoms with Crippen LogP contribution in [0.5, 0.6) is 5.75 Å². The maximum Gasteiger partial charge on any atom is 0.191 e. The number of nitrogens with one attached hydrogen (secondary N) is 2. The van der Waals surface area contributed by atoms with E-state index in [0.717, 1.165) is 42.5 Å². The molecule has 0 aliphatic rings. The number of halogens is 1. The summed E-state index contributed by atoms with van der Waals surface area (Å²) in [5.74, 6) is 1.41. The van der Waals surface area contributed by atoms with Gasteiger partial charge in [-0.25, -0.2) is 4.39 Å². The molecule has 2 aromatic rings. The van der Waals surface area contributed by atoms with Gasteiger partial charge in [0.1, 0.15) is 11.6 Å². The zero-order valence-electron chi connectivity index (χ0n) is 16.6. The van der Waals surface area contributed by atoms with Gasteiger partial charge in [-0.2, -0.15) is 0 Å². The van der Waals surface area contributed by atoms with Gasteiger partial charge >= 0.3 is 0 Å². The van der Waals surface area contributed by atoms with E-state index in [4.69, 9.17) is 4.74 Å². The molecule has 0 saturated heterocycles. The van der Waals surface area contributed by atoms with Gasteiger partial charge in [0.2, 0.25) is 0 Å². The first-order valence-electron chi connectivity index (χ1n) is 9.03. The Balaban J connectivity index is 1.76. The van der Waals surface area contributed by atoms with Gasteiger partial charge in [0.15, 0.2) is 5.96 Å². The standard InChI is InChI=1S/C21H29FN4O/c1-16-5-8-18(20(13-16)27-4)14-25-21(23-2)24-11-12-26(3)15-17-6-9-19(22)10-7-17/h5-10,13H,11-12,14-15H2,1-4H3,(H2,23,24,25). The molecule has 0 spiro atoms. The van der Waals surface area contributed by atoms with Gasteiger partial charge < -0.3 is 20.3 Å². The average molecular weight is 372 g/mol. The number of aliphatic imine (C=N–C) groups is 1. The van der Waals surface area contributed by atoms with Crippen molar-refractivity contribution >= 4 is 5.96 Å². The molecule has 0 aliphatic heterocycles. The number of benzene rings is 2. The first kappa shape index (κ1) is 20.7. The van der Waals surface area contributed by atoms with E-state index in [1.54, 1.807) is 14.2 Å². The summed E-state index contributed by atoms with van der Waals surface area (Å²) in [4.78, 5) is 6.44. The summed E-state index contributed by atoms with van der Waals surface area (Å²) in [5.41, 5.74) is 3.34. The van der Waals surface area contributed by atoms with E-state index in [1.807, 2.05) is 32.2 Å². The second kappa shape index (κ2) is 10.5. The molecule has 0 amide bonds. The fourth-order valence-electron chi connectivity index (χ4n) is 2.74. The Morgan fingerprint density at radius 3 is 2.56 bits per heavy atom. The first-order valence-corrected chi connectivity index (χ1v) is 9.03. The number of nitrogens with zero attached hydrogens (tertiary/aromatic N) is 2. The van der Waals surface area contributed by atoms with E-state index in [-0.39, 0.29) is 5.82 Å². The van der Waals surface area contributed by atoms with Gasteiger partial charge in [-0.3, -0.25) is 4.99 Å². The fraction of sp³-hybridized carbons (Fsp3) is 0.381. The van der Waals surface area contributed by atoms with E-state index in [9.17, 15) is 4.39 Å².